The van der Waals surface area contributed by atoms with Crippen LogP contribution in [-0.4, -0.2) is 18.2 Å². The molecule has 2 bridgehead atoms. The summed E-state index contributed by atoms with van der Waals surface area (Å²) in [6, 6.07) is 0.586. The van der Waals surface area contributed by atoms with Crippen LogP contribution in [0.3, 0.4) is 0 Å². The predicted octanol–water partition coefficient (Wildman–Crippen LogP) is 1.19. The lowest BCUT2D eigenvalue weighted by atomic mass is 9.79. The van der Waals surface area contributed by atoms with Crippen molar-refractivity contribution in [3.63, 3.8) is 0 Å². The van der Waals surface area contributed by atoms with Crippen molar-refractivity contribution in [1.82, 2.24) is 16.2 Å². The minimum absolute atomic E-state index is 0.586. The molecular formula is C12H19N3S. The molecule has 0 spiro atoms. The molecule has 3 aliphatic rings. The average molecular weight is 237 g/mol. The summed E-state index contributed by atoms with van der Waals surface area (Å²) in [5.74, 6) is 3.52. The van der Waals surface area contributed by atoms with Gasteiger partial charge in [-0.25, -0.2) is 5.43 Å². The quantitative estimate of drug-likeness (QED) is 0.383. The normalized spacial score (nSPS) is 43.4. The smallest absolute Gasteiger partial charge is 0.181 e. The molecule has 0 aromatic carbocycles. The molecule has 0 amide bonds. The van der Waals surface area contributed by atoms with Crippen LogP contribution in [0.2, 0.25) is 0 Å². The van der Waals surface area contributed by atoms with E-state index < -0.39 is 0 Å². The Balaban J connectivity index is 1.63. The third kappa shape index (κ3) is 1.55. The number of thiocarbonyl (C=S) groups is 1. The first kappa shape index (κ1) is 10.5. The summed E-state index contributed by atoms with van der Waals surface area (Å²) in [4.78, 5) is 0. The van der Waals surface area contributed by atoms with E-state index in [1.165, 1.54) is 19.3 Å². The van der Waals surface area contributed by atoms with Crippen molar-refractivity contribution in [3.05, 3.63) is 12.2 Å². The fraction of sp³-hybridized carbons (Fsp3) is 0.750. The maximum Gasteiger partial charge on any atom is 0.181 e. The van der Waals surface area contributed by atoms with Crippen LogP contribution in [-0.2, 0) is 0 Å². The van der Waals surface area contributed by atoms with Gasteiger partial charge in [0.2, 0.25) is 0 Å². The third-order valence-corrected chi connectivity index (χ3v) is 4.78. The summed E-state index contributed by atoms with van der Waals surface area (Å²) in [5, 5.41) is 4.18. The van der Waals surface area contributed by atoms with E-state index in [1.807, 2.05) is 7.05 Å². The minimum atomic E-state index is 0.586. The molecule has 3 aliphatic carbocycles. The number of rotatable bonds is 2. The summed E-state index contributed by atoms with van der Waals surface area (Å²) in [6.45, 7) is 0. The number of fused-ring (bicyclic) bond motifs is 5. The van der Waals surface area contributed by atoms with Gasteiger partial charge >= 0.3 is 0 Å². The van der Waals surface area contributed by atoms with Gasteiger partial charge in [0.1, 0.15) is 0 Å². The number of nitrogens with one attached hydrogen (secondary N) is 3. The lowest BCUT2D eigenvalue weighted by Crippen LogP contribution is -2.49. The molecule has 0 aromatic rings. The van der Waals surface area contributed by atoms with Gasteiger partial charge in [-0.15, -0.1) is 0 Å². The Kier molecular flexibility index (Phi) is 2.64. The summed E-state index contributed by atoms with van der Waals surface area (Å²) < 4.78 is 0. The van der Waals surface area contributed by atoms with Crippen molar-refractivity contribution < 1.29 is 0 Å². The van der Waals surface area contributed by atoms with Crippen molar-refractivity contribution in [2.75, 3.05) is 7.05 Å². The summed E-state index contributed by atoms with van der Waals surface area (Å²) in [7, 11) is 1.84. The first-order chi connectivity index (χ1) is 7.79. The SMILES string of the molecule is CNNC(=S)N[C@H]1C[C@@H]2C[C@@H]1[C@@H]1C=CC[C@@H]21. The predicted molar refractivity (Wildman–Crippen MR) is 68.7 cm³/mol. The highest BCUT2D eigenvalue weighted by Crippen LogP contribution is 2.56. The number of hydrazine groups is 1. The van der Waals surface area contributed by atoms with Crippen LogP contribution in [0.4, 0.5) is 0 Å². The van der Waals surface area contributed by atoms with Crippen LogP contribution in [0.1, 0.15) is 19.3 Å². The summed E-state index contributed by atoms with van der Waals surface area (Å²) in [5.41, 5.74) is 5.81. The molecule has 3 rings (SSSR count). The molecule has 0 aromatic heterocycles. The zero-order chi connectivity index (χ0) is 11.1. The zero-order valence-corrected chi connectivity index (χ0v) is 10.4. The van der Waals surface area contributed by atoms with Crippen LogP contribution >= 0.6 is 12.2 Å². The van der Waals surface area contributed by atoms with E-state index in [9.17, 15) is 0 Å². The van der Waals surface area contributed by atoms with Crippen LogP contribution in [0.5, 0.6) is 0 Å². The minimum Gasteiger partial charge on any atom is -0.359 e. The van der Waals surface area contributed by atoms with E-state index in [1.54, 1.807) is 0 Å². The maximum atomic E-state index is 5.22. The van der Waals surface area contributed by atoms with Crippen molar-refractivity contribution in [2.45, 2.75) is 25.3 Å². The Hall–Kier alpha value is -0.610. The molecule has 0 aliphatic heterocycles. The maximum absolute atomic E-state index is 5.22. The zero-order valence-electron chi connectivity index (χ0n) is 9.57. The molecular weight excluding hydrogens is 218 g/mol. The van der Waals surface area contributed by atoms with Gasteiger partial charge < -0.3 is 5.32 Å². The highest BCUT2D eigenvalue weighted by atomic mass is 32.1. The topological polar surface area (TPSA) is 36.1 Å². The second-order valence-electron chi connectivity index (χ2n) is 5.26. The fourth-order valence-corrected chi connectivity index (χ4v) is 4.28. The second-order valence-corrected chi connectivity index (χ2v) is 5.66. The number of hydrogen-bond donors (Lipinski definition) is 3. The van der Waals surface area contributed by atoms with Crippen molar-refractivity contribution >= 4 is 17.3 Å². The molecule has 2 fully saturated rings. The van der Waals surface area contributed by atoms with E-state index in [-0.39, 0.29) is 0 Å². The van der Waals surface area contributed by atoms with Gasteiger partial charge in [-0.05, 0) is 55.2 Å². The molecule has 2 saturated carbocycles. The number of allylic oxidation sites excluding steroid dienone is 2. The summed E-state index contributed by atoms with van der Waals surface area (Å²) in [6.07, 6.45) is 8.84. The Morgan fingerprint density at radius 2 is 2.19 bits per heavy atom. The first-order valence-corrected chi connectivity index (χ1v) is 6.60. The average Bonchev–Trinajstić information content (AvgIpc) is 2.86. The molecule has 3 N–H and O–H groups in total. The Bertz CT molecular complexity index is 328. The van der Waals surface area contributed by atoms with E-state index in [0.717, 1.165) is 28.8 Å². The van der Waals surface area contributed by atoms with E-state index >= 15 is 0 Å². The second kappa shape index (κ2) is 4.00. The molecule has 4 heteroatoms. The Morgan fingerprint density at radius 3 is 3.00 bits per heavy atom. The van der Waals surface area contributed by atoms with Crippen molar-refractivity contribution in [3.8, 4) is 0 Å². The van der Waals surface area contributed by atoms with E-state index in [4.69, 9.17) is 12.2 Å². The van der Waals surface area contributed by atoms with Crippen LogP contribution in [0.15, 0.2) is 12.2 Å². The van der Waals surface area contributed by atoms with E-state index in [2.05, 4.69) is 28.3 Å². The molecule has 0 radical (unpaired) electrons. The highest BCUT2D eigenvalue weighted by Gasteiger charge is 2.52. The van der Waals surface area contributed by atoms with Gasteiger partial charge in [0.25, 0.3) is 0 Å². The van der Waals surface area contributed by atoms with Gasteiger partial charge in [0.15, 0.2) is 5.11 Å². The molecule has 0 saturated heterocycles. The molecule has 0 heterocycles. The molecule has 88 valence electrons. The van der Waals surface area contributed by atoms with Crippen molar-refractivity contribution in [1.29, 1.82) is 0 Å². The summed E-state index contributed by atoms with van der Waals surface area (Å²) >= 11 is 5.22. The van der Waals surface area contributed by atoms with Gasteiger partial charge in [0, 0.05) is 13.1 Å². The largest absolute Gasteiger partial charge is 0.359 e. The fourth-order valence-electron chi connectivity index (χ4n) is 4.03. The van der Waals surface area contributed by atoms with Gasteiger partial charge in [-0.3, -0.25) is 5.43 Å². The molecule has 0 unspecified atom stereocenters. The monoisotopic (exact) mass is 237 g/mol. The van der Waals surface area contributed by atoms with Gasteiger partial charge in [-0.2, -0.15) is 0 Å². The number of hydrogen-bond acceptors (Lipinski definition) is 2. The van der Waals surface area contributed by atoms with Crippen LogP contribution in [0, 0.1) is 23.7 Å². The van der Waals surface area contributed by atoms with Gasteiger partial charge in [-0.1, -0.05) is 12.2 Å². The molecule has 3 nitrogen and oxygen atoms in total. The molecule has 16 heavy (non-hydrogen) atoms. The standard InChI is InChI=1S/C12H19N3S/c1-13-15-12(16)14-11-6-7-5-10(11)9-4-2-3-8(7)9/h2,4,7-11,13H,3,5-6H2,1H3,(H2,14,15,16)/t7-,8-,9+,10+,11-/m0/s1. The van der Waals surface area contributed by atoms with Crippen LogP contribution in [0.25, 0.3) is 0 Å². The Morgan fingerprint density at radius 1 is 1.31 bits per heavy atom. The third-order valence-electron chi connectivity index (χ3n) is 4.56. The first-order valence-electron chi connectivity index (χ1n) is 6.19. The van der Waals surface area contributed by atoms with Gasteiger partial charge in [0.05, 0.1) is 0 Å². The molecule has 5 atom stereocenters. The Labute approximate surface area is 102 Å². The van der Waals surface area contributed by atoms with E-state index in [0.29, 0.717) is 6.04 Å². The lowest BCUT2D eigenvalue weighted by molar-refractivity contribution is 0.245. The van der Waals surface area contributed by atoms with Crippen molar-refractivity contribution in [2.24, 2.45) is 23.7 Å². The lowest BCUT2D eigenvalue weighted by Gasteiger charge is -2.32. The van der Waals surface area contributed by atoms with Crippen LogP contribution < -0.4 is 16.2 Å². The highest BCUT2D eigenvalue weighted by molar-refractivity contribution is 7.80.